The van der Waals surface area contributed by atoms with Crippen LogP contribution in [0.25, 0.3) is 11.3 Å². The van der Waals surface area contributed by atoms with Crippen molar-refractivity contribution < 1.29 is 13.6 Å². The third kappa shape index (κ3) is 4.39. The summed E-state index contributed by atoms with van der Waals surface area (Å²) >= 11 is 0. The molecule has 1 aromatic heterocycles. The molecule has 0 unspecified atom stereocenters. The van der Waals surface area contributed by atoms with Gasteiger partial charge in [-0.25, -0.2) is 8.78 Å². The number of carbonyl (C=O) groups excluding carboxylic acids is 1. The molecule has 4 rings (SSSR count). The fourth-order valence-corrected chi connectivity index (χ4v) is 3.40. The van der Waals surface area contributed by atoms with Crippen molar-refractivity contribution in [2.45, 2.75) is 19.3 Å². The quantitative estimate of drug-likeness (QED) is 0.699. The van der Waals surface area contributed by atoms with Gasteiger partial charge in [-0.3, -0.25) is 4.79 Å². The van der Waals surface area contributed by atoms with E-state index in [1.54, 1.807) is 18.2 Å². The molecule has 1 saturated heterocycles. The first-order valence-electron chi connectivity index (χ1n) is 9.56. The van der Waals surface area contributed by atoms with Crippen LogP contribution in [0.3, 0.4) is 0 Å². The first-order valence-corrected chi connectivity index (χ1v) is 9.56. The number of hydrogen-bond donors (Lipinski definition) is 1. The van der Waals surface area contributed by atoms with Gasteiger partial charge in [0.15, 0.2) is 5.82 Å². The fraction of sp³-hybridized carbons (Fsp3) is 0.227. The molecule has 0 aliphatic carbocycles. The van der Waals surface area contributed by atoms with Crippen molar-refractivity contribution in [1.82, 2.24) is 10.2 Å². The lowest BCUT2D eigenvalue weighted by Crippen LogP contribution is -2.30. The van der Waals surface area contributed by atoms with Gasteiger partial charge < -0.3 is 10.2 Å². The number of rotatable bonds is 4. The molecular formula is C22H20F2N4O. The molecule has 7 heteroatoms. The Morgan fingerprint density at radius 3 is 2.48 bits per heavy atom. The number of hydrogen-bond acceptors (Lipinski definition) is 4. The molecule has 0 spiro atoms. The molecular weight excluding hydrogens is 374 g/mol. The average molecular weight is 394 g/mol. The van der Waals surface area contributed by atoms with Crippen molar-refractivity contribution in [1.29, 1.82) is 0 Å². The van der Waals surface area contributed by atoms with E-state index >= 15 is 0 Å². The molecule has 1 N–H and O–H groups in total. The zero-order valence-corrected chi connectivity index (χ0v) is 15.7. The van der Waals surface area contributed by atoms with Gasteiger partial charge in [-0.05, 0) is 55.7 Å². The third-order valence-electron chi connectivity index (χ3n) is 4.92. The van der Waals surface area contributed by atoms with Crippen LogP contribution in [0.1, 0.15) is 29.6 Å². The summed E-state index contributed by atoms with van der Waals surface area (Å²) < 4.78 is 26.9. The molecule has 0 saturated carbocycles. The van der Waals surface area contributed by atoms with E-state index in [0.717, 1.165) is 36.6 Å². The Balaban J connectivity index is 1.50. The second kappa shape index (κ2) is 8.34. The maximum absolute atomic E-state index is 13.8. The highest BCUT2D eigenvalue weighted by Gasteiger charge is 2.14. The Kier molecular flexibility index (Phi) is 5.46. The van der Waals surface area contributed by atoms with Gasteiger partial charge in [0.25, 0.3) is 5.91 Å². The molecule has 0 atom stereocenters. The zero-order chi connectivity index (χ0) is 20.2. The van der Waals surface area contributed by atoms with Gasteiger partial charge in [-0.1, -0.05) is 12.1 Å². The summed E-state index contributed by atoms with van der Waals surface area (Å²) in [4.78, 5) is 14.5. The van der Waals surface area contributed by atoms with E-state index in [9.17, 15) is 13.6 Å². The van der Waals surface area contributed by atoms with Crippen molar-refractivity contribution in [2.24, 2.45) is 0 Å². The minimum Gasteiger partial charge on any atom is -0.355 e. The van der Waals surface area contributed by atoms with E-state index < -0.39 is 17.5 Å². The molecule has 29 heavy (non-hydrogen) atoms. The Labute approximate surface area is 167 Å². The van der Waals surface area contributed by atoms with Gasteiger partial charge in [0, 0.05) is 30.4 Å². The molecule has 3 aromatic rings. The SMILES string of the molecule is O=C(Nc1cccc(-c2ccc(N3CCCCC3)nn2)c1)c1ccc(F)cc1F. The van der Waals surface area contributed by atoms with Crippen LogP contribution in [-0.2, 0) is 0 Å². The summed E-state index contributed by atoms with van der Waals surface area (Å²) in [6, 6.07) is 13.8. The first kappa shape index (κ1) is 19.0. The third-order valence-corrected chi connectivity index (χ3v) is 4.92. The standard InChI is InChI=1S/C22H20F2N4O/c23-16-7-8-18(19(24)14-16)22(29)25-17-6-4-5-15(13-17)20-9-10-21(27-26-20)28-11-2-1-3-12-28/h4-10,13-14H,1-3,11-12H2,(H,25,29). The predicted molar refractivity (Wildman–Crippen MR) is 108 cm³/mol. The number of benzene rings is 2. The number of carbonyl (C=O) groups is 1. The van der Waals surface area contributed by atoms with Crippen LogP contribution in [0.5, 0.6) is 0 Å². The highest BCUT2D eigenvalue weighted by atomic mass is 19.1. The second-order valence-electron chi connectivity index (χ2n) is 6.98. The summed E-state index contributed by atoms with van der Waals surface area (Å²) in [5.74, 6) is -1.42. The fourth-order valence-electron chi connectivity index (χ4n) is 3.40. The zero-order valence-electron chi connectivity index (χ0n) is 15.7. The van der Waals surface area contributed by atoms with Crippen molar-refractivity contribution >= 4 is 17.4 Å². The molecule has 1 aliphatic heterocycles. The second-order valence-corrected chi connectivity index (χ2v) is 6.98. The number of anilines is 2. The van der Waals surface area contributed by atoms with E-state index in [1.807, 2.05) is 18.2 Å². The van der Waals surface area contributed by atoms with E-state index in [2.05, 4.69) is 20.4 Å². The molecule has 1 fully saturated rings. The Morgan fingerprint density at radius 1 is 0.931 bits per heavy atom. The largest absolute Gasteiger partial charge is 0.355 e. The maximum atomic E-state index is 13.8. The maximum Gasteiger partial charge on any atom is 0.258 e. The normalized spacial score (nSPS) is 13.9. The summed E-state index contributed by atoms with van der Waals surface area (Å²) in [6.45, 7) is 1.99. The van der Waals surface area contributed by atoms with E-state index in [1.165, 1.54) is 19.3 Å². The van der Waals surface area contributed by atoms with Crippen LogP contribution in [-0.4, -0.2) is 29.2 Å². The van der Waals surface area contributed by atoms with Crippen LogP contribution in [0.4, 0.5) is 20.3 Å². The minimum atomic E-state index is -0.905. The monoisotopic (exact) mass is 394 g/mol. The Hall–Kier alpha value is -3.35. The lowest BCUT2D eigenvalue weighted by molar-refractivity contribution is 0.102. The number of halogens is 2. The van der Waals surface area contributed by atoms with Gasteiger partial charge in [0.2, 0.25) is 0 Å². The lowest BCUT2D eigenvalue weighted by atomic mass is 10.1. The molecule has 148 valence electrons. The Bertz CT molecular complexity index is 1020. The van der Waals surface area contributed by atoms with Crippen molar-refractivity contribution in [2.75, 3.05) is 23.3 Å². The summed E-state index contributed by atoms with van der Waals surface area (Å²) in [5.41, 5.74) is 1.72. The lowest BCUT2D eigenvalue weighted by Gasteiger charge is -2.27. The van der Waals surface area contributed by atoms with E-state index in [0.29, 0.717) is 17.4 Å². The van der Waals surface area contributed by atoms with Gasteiger partial charge in [0.05, 0.1) is 11.3 Å². The Morgan fingerprint density at radius 2 is 1.76 bits per heavy atom. The summed E-state index contributed by atoms with van der Waals surface area (Å²) in [7, 11) is 0. The molecule has 1 amide bonds. The number of nitrogens with zero attached hydrogens (tertiary/aromatic N) is 3. The number of nitrogens with one attached hydrogen (secondary N) is 1. The van der Waals surface area contributed by atoms with Gasteiger partial charge >= 0.3 is 0 Å². The smallest absolute Gasteiger partial charge is 0.258 e. The van der Waals surface area contributed by atoms with Crippen LogP contribution >= 0.6 is 0 Å². The molecule has 5 nitrogen and oxygen atoms in total. The molecule has 0 radical (unpaired) electrons. The highest BCUT2D eigenvalue weighted by molar-refractivity contribution is 6.04. The first-order chi connectivity index (χ1) is 14.1. The molecule has 0 bridgehead atoms. The van der Waals surface area contributed by atoms with Crippen LogP contribution in [0.15, 0.2) is 54.6 Å². The van der Waals surface area contributed by atoms with E-state index in [-0.39, 0.29) is 5.56 Å². The minimum absolute atomic E-state index is 0.220. The average Bonchev–Trinajstić information content (AvgIpc) is 2.74. The predicted octanol–water partition coefficient (Wildman–Crippen LogP) is 4.66. The highest BCUT2D eigenvalue weighted by Crippen LogP contribution is 2.23. The van der Waals surface area contributed by atoms with Crippen molar-refractivity contribution in [3.63, 3.8) is 0 Å². The van der Waals surface area contributed by atoms with Crippen molar-refractivity contribution in [3.05, 3.63) is 71.8 Å². The summed E-state index contributed by atoms with van der Waals surface area (Å²) in [5, 5.41) is 11.3. The van der Waals surface area contributed by atoms with E-state index in [4.69, 9.17) is 0 Å². The molecule has 1 aliphatic rings. The van der Waals surface area contributed by atoms with Crippen molar-refractivity contribution in [3.8, 4) is 11.3 Å². The van der Waals surface area contributed by atoms with Gasteiger partial charge in [-0.15, -0.1) is 10.2 Å². The molecule has 2 heterocycles. The van der Waals surface area contributed by atoms with Gasteiger partial charge in [0.1, 0.15) is 11.6 Å². The number of piperidine rings is 1. The molecule has 2 aromatic carbocycles. The van der Waals surface area contributed by atoms with Crippen LogP contribution in [0.2, 0.25) is 0 Å². The van der Waals surface area contributed by atoms with Crippen LogP contribution < -0.4 is 10.2 Å². The number of amides is 1. The topological polar surface area (TPSA) is 58.1 Å². The van der Waals surface area contributed by atoms with Gasteiger partial charge in [-0.2, -0.15) is 0 Å². The number of aromatic nitrogens is 2. The summed E-state index contributed by atoms with van der Waals surface area (Å²) in [6.07, 6.45) is 3.59. The van der Waals surface area contributed by atoms with Crippen LogP contribution in [0, 0.1) is 11.6 Å².